The van der Waals surface area contributed by atoms with Crippen LogP contribution in [0, 0.1) is 22.9 Å². The molecule has 0 fully saturated rings. The van der Waals surface area contributed by atoms with Gasteiger partial charge in [-0.3, -0.25) is 14.9 Å². The molecule has 0 aromatic heterocycles. The molecule has 3 N–H and O–H groups in total. The molecule has 2 aromatic carbocycles. The summed E-state index contributed by atoms with van der Waals surface area (Å²) in [4.78, 5) is 22.5. The van der Waals surface area contributed by atoms with Crippen molar-refractivity contribution in [1.82, 2.24) is 0 Å². The van der Waals surface area contributed by atoms with Crippen molar-refractivity contribution in [2.45, 2.75) is 6.92 Å². The van der Waals surface area contributed by atoms with Crippen molar-refractivity contribution < 1.29 is 24.2 Å². The second-order valence-corrected chi connectivity index (χ2v) is 4.77. The summed E-state index contributed by atoms with van der Waals surface area (Å²) in [6.07, 6.45) is 0. The molecule has 0 spiro atoms. The van der Waals surface area contributed by atoms with E-state index in [-0.39, 0.29) is 22.5 Å². The minimum atomic E-state index is -2.05. The Labute approximate surface area is 130 Å². The van der Waals surface area contributed by atoms with Crippen molar-refractivity contribution in [3.8, 4) is 0 Å². The van der Waals surface area contributed by atoms with E-state index in [4.69, 9.17) is 10.0 Å². The summed E-state index contributed by atoms with van der Waals surface area (Å²) >= 11 is 0. The van der Waals surface area contributed by atoms with Crippen LogP contribution in [0.5, 0.6) is 0 Å². The van der Waals surface area contributed by atoms with E-state index < -0.39 is 29.2 Å². The summed E-state index contributed by atoms with van der Waals surface area (Å²) in [6.45, 7) is 1.49. The fourth-order valence-corrected chi connectivity index (χ4v) is 2.03. The van der Waals surface area contributed by atoms with Gasteiger partial charge in [0.15, 0.2) is 0 Å². The maximum absolute atomic E-state index is 13.4. The van der Waals surface area contributed by atoms with Crippen LogP contribution in [-0.4, -0.2) is 28.0 Å². The number of benzene rings is 2. The van der Waals surface area contributed by atoms with Crippen LogP contribution in [-0.2, 0) is 0 Å². The van der Waals surface area contributed by atoms with E-state index in [9.17, 15) is 19.3 Å². The predicted octanol–water partition coefficient (Wildman–Crippen LogP) is 0.974. The molecule has 0 atom stereocenters. The third kappa shape index (κ3) is 3.53. The molecule has 1 amide bonds. The maximum Gasteiger partial charge on any atom is 0.491 e. The van der Waals surface area contributed by atoms with Gasteiger partial charge in [0.25, 0.3) is 11.6 Å². The zero-order valence-corrected chi connectivity index (χ0v) is 12.0. The van der Waals surface area contributed by atoms with Crippen LogP contribution in [0.2, 0.25) is 0 Å². The molecular formula is C14H12BFN2O5. The summed E-state index contributed by atoms with van der Waals surface area (Å²) in [5, 5.41) is 31.5. The van der Waals surface area contributed by atoms with Crippen LogP contribution < -0.4 is 10.8 Å². The van der Waals surface area contributed by atoms with Gasteiger partial charge >= 0.3 is 7.12 Å². The first kappa shape index (κ1) is 16.6. The van der Waals surface area contributed by atoms with E-state index >= 15 is 0 Å². The second kappa shape index (κ2) is 6.55. The molecule has 0 bridgehead atoms. The number of hydrogen-bond acceptors (Lipinski definition) is 5. The molecule has 0 heterocycles. The van der Waals surface area contributed by atoms with Gasteiger partial charge in [0.2, 0.25) is 0 Å². The molecule has 0 aliphatic rings. The molecule has 118 valence electrons. The molecule has 0 aliphatic heterocycles. The molecule has 9 heteroatoms. The summed E-state index contributed by atoms with van der Waals surface area (Å²) in [6, 6.07) is 7.33. The first-order valence-corrected chi connectivity index (χ1v) is 6.52. The Kier molecular flexibility index (Phi) is 4.72. The number of rotatable bonds is 4. The quantitative estimate of drug-likeness (QED) is 0.442. The molecule has 23 heavy (non-hydrogen) atoms. The zero-order chi connectivity index (χ0) is 17.1. The van der Waals surface area contributed by atoms with E-state index in [0.29, 0.717) is 0 Å². The van der Waals surface area contributed by atoms with Crippen LogP contribution in [0.3, 0.4) is 0 Å². The van der Waals surface area contributed by atoms with Gasteiger partial charge in [-0.1, -0.05) is 6.07 Å². The Morgan fingerprint density at radius 1 is 1.30 bits per heavy atom. The number of hydrogen-bond donors (Lipinski definition) is 3. The van der Waals surface area contributed by atoms with Gasteiger partial charge in [-0.05, 0) is 31.2 Å². The number of amides is 1. The Morgan fingerprint density at radius 2 is 2.00 bits per heavy atom. The average molecular weight is 318 g/mol. The van der Waals surface area contributed by atoms with Gasteiger partial charge in [-0.25, -0.2) is 4.39 Å². The smallest absolute Gasteiger partial charge is 0.423 e. The van der Waals surface area contributed by atoms with Gasteiger partial charge in [0.05, 0.1) is 16.2 Å². The van der Waals surface area contributed by atoms with Crippen LogP contribution in [0.1, 0.15) is 15.9 Å². The molecule has 2 rings (SSSR count). The maximum atomic E-state index is 13.4. The van der Waals surface area contributed by atoms with Gasteiger partial charge in [0.1, 0.15) is 5.82 Å². The number of anilines is 1. The largest absolute Gasteiger partial charge is 0.491 e. The number of nitro benzene ring substituents is 1. The number of carbonyl (C=O) groups excluding carboxylic acids is 1. The predicted molar refractivity (Wildman–Crippen MR) is 82.0 cm³/mol. The van der Waals surface area contributed by atoms with Crippen molar-refractivity contribution in [2.75, 3.05) is 5.32 Å². The van der Waals surface area contributed by atoms with Crippen molar-refractivity contribution in [2.24, 2.45) is 0 Å². The van der Waals surface area contributed by atoms with Crippen molar-refractivity contribution >= 4 is 29.9 Å². The fraction of sp³-hybridized carbons (Fsp3) is 0.0714. The van der Waals surface area contributed by atoms with Crippen molar-refractivity contribution in [3.05, 3.63) is 63.5 Å². The molecule has 0 saturated carbocycles. The van der Waals surface area contributed by atoms with E-state index in [1.54, 1.807) is 0 Å². The standard InChI is InChI=1S/C14H12BFN2O5/c1-8-12(3-2-4-13(8)18(22)23)17-14(19)9-5-6-11(16)10(7-9)15(20)21/h2-7,20-21H,1H3,(H,17,19). The van der Waals surface area contributed by atoms with E-state index in [0.717, 1.165) is 12.1 Å². The van der Waals surface area contributed by atoms with E-state index in [1.165, 1.54) is 31.2 Å². The summed E-state index contributed by atoms with van der Waals surface area (Å²) in [5.74, 6) is -1.52. The van der Waals surface area contributed by atoms with Crippen LogP contribution >= 0.6 is 0 Å². The van der Waals surface area contributed by atoms with Crippen molar-refractivity contribution in [3.63, 3.8) is 0 Å². The molecule has 0 radical (unpaired) electrons. The Balaban J connectivity index is 2.32. The van der Waals surface area contributed by atoms with Gasteiger partial charge in [-0.15, -0.1) is 0 Å². The van der Waals surface area contributed by atoms with Crippen LogP contribution in [0.25, 0.3) is 0 Å². The normalized spacial score (nSPS) is 10.3. The second-order valence-electron chi connectivity index (χ2n) is 4.77. The fourth-order valence-electron chi connectivity index (χ4n) is 2.03. The number of nitrogens with zero attached hydrogens (tertiary/aromatic N) is 1. The van der Waals surface area contributed by atoms with Gasteiger partial charge in [0, 0.05) is 17.1 Å². The lowest BCUT2D eigenvalue weighted by Gasteiger charge is -2.10. The summed E-state index contributed by atoms with van der Waals surface area (Å²) in [7, 11) is -2.05. The first-order chi connectivity index (χ1) is 10.8. The third-order valence-electron chi connectivity index (χ3n) is 3.29. The van der Waals surface area contributed by atoms with Crippen LogP contribution in [0.4, 0.5) is 15.8 Å². The van der Waals surface area contributed by atoms with Crippen molar-refractivity contribution in [1.29, 1.82) is 0 Å². The molecule has 0 saturated heterocycles. The number of nitro groups is 1. The van der Waals surface area contributed by atoms with Crippen LogP contribution in [0.15, 0.2) is 36.4 Å². The lowest BCUT2D eigenvalue weighted by atomic mass is 9.79. The number of carbonyl (C=O) groups is 1. The molecule has 2 aromatic rings. The highest BCUT2D eigenvalue weighted by Gasteiger charge is 2.20. The lowest BCUT2D eigenvalue weighted by molar-refractivity contribution is -0.385. The highest BCUT2D eigenvalue weighted by atomic mass is 19.1. The highest BCUT2D eigenvalue weighted by Crippen LogP contribution is 2.25. The topological polar surface area (TPSA) is 113 Å². The molecule has 0 unspecified atom stereocenters. The Hall–Kier alpha value is -2.78. The Morgan fingerprint density at radius 3 is 2.61 bits per heavy atom. The highest BCUT2D eigenvalue weighted by molar-refractivity contribution is 6.58. The van der Waals surface area contributed by atoms with Gasteiger partial charge in [-0.2, -0.15) is 0 Å². The molecule has 0 aliphatic carbocycles. The molecular weight excluding hydrogens is 306 g/mol. The minimum absolute atomic E-state index is 0.0135. The number of halogens is 1. The number of nitrogens with one attached hydrogen (secondary N) is 1. The average Bonchev–Trinajstić information content (AvgIpc) is 2.49. The summed E-state index contributed by atoms with van der Waals surface area (Å²) < 4.78 is 13.4. The SMILES string of the molecule is Cc1c(NC(=O)c2ccc(F)c(B(O)O)c2)cccc1[N+](=O)[O-]. The van der Waals surface area contributed by atoms with E-state index in [1.807, 2.05) is 0 Å². The third-order valence-corrected chi connectivity index (χ3v) is 3.29. The lowest BCUT2D eigenvalue weighted by Crippen LogP contribution is -2.33. The van der Waals surface area contributed by atoms with Gasteiger partial charge < -0.3 is 15.4 Å². The molecule has 7 nitrogen and oxygen atoms in total. The van der Waals surface area contributed by atoms with E-state index in [2.05, 4.69) is 5.32 Å². The monoisotopic (exact) mass is 318 g/mol. The first-order valence-electron chi connectivity index (χ1n) is 6.52. The minimum Gasteiger partial charge on any atom is -0.423 e. The summed E-state index contributed by atoms with van der Waals surface area (Å²) in [5.41, 5.74) is -0.0859. The Bertz CT molecular complexity index is 782. The zero-order valence-electron chi connectivity index (χ0n) is 12.0.